The predicted molar refractivity (Wildman–Crippen MR) is 87.2 cm³/mol. The maximum Gasteiger partial charge on any atom is 0.0589 e. The Kier molecular flexibility index (Phi) is 9.16. The first-order valence-electron chi connectivity index (χ1n) is 8.33. The van der Waals surface area contributed by atoms with E-state index in [2.05, 4.69) is 42.7 Å². The lowest BCUT2D eigenvalue weighted by atomic mass is 9.97. The highest BCUT2D eigenvalue weighted by Crippen LogP contribution is 2.18. The Morgan fingerprint density at radius 2 is 1.85 bits per heavy atom. The molecule has 0 aromatic heterocycles. The van der Waals surface area contributed by atoms with E-state index in [9.17, 15) is 0 Å². The van der Waals surface area contributed by atoms with Crippen LogP contribution in [0.15, 0.2) is 12.2 Å². The molecule has 0 spiro atoms. The van der Waals surface area contributed by atoms with Gasteiger partial charge in [0.2, 0.25) is 0 Å². The SMILES string of the molecule is CCC=CC(CC(C)CC)N1CCN(CCOC)CC1. The zero-order chi connectivity index (χ0) is 14.8. The molecule has 1 fully saturated rings. The van der Waals surface area contributed by atoms with E-state index in [-0.39, 0.29) is 0 Å². The Balaban J connectivity index is 2.45. The average molecular weight is 282 g/mol. The second kappa shape index (κ2) is 10.4. The molecule has 0 aromatic rings. The zero-order valence-electron chi connectivity index (χ0n) is 14.0. The summed E-state index contributed by atoms with van der Waals surface area (Å²) in [5.74, 6) is 0.813. The Labute approximate surface area is 126 Å². The van der Waals surface area contributed by atoms with Gasteiger partial charge in [0, 0.05) is 45.9 Å². The number of nitrogens with zero attached hydrogens (tertiary/aromatic N) is 2. The van der Waals surface area contributed by atoms with E-state index in [0.29, 0.717) is 6.04 Å². The fourth-order valence-electron chi connectivity index (χ4n) is 2.76. The van der Waals surface area contributed by atoms with Crippen LogP contribution >= 0.6 is 0 Å². The van der Waals surface area contributed by atoms with E-state index < -0.39 is 0 Å². The van der Waals surface area contributed by atoms with E-state index in [1.165, 1.54) is 39.0 Å². The van der Waals surface area contributed by atoms with Gasteiger partial charge in [-0.2, -0.15) is 0 Å². The average Bonchev–Trinajstić information content (AvgIpc) is 2.49. The fraction of sp³-hybridized carbons (Fsp3) is 0.882. The van der Waals surface area contributed by atoms with Gasteiger partial charge in [0.15, 0.2) is 0 Å². The second-order valence-electron chi connectivity index (χ2n) is 6.02. The molecule has 1 rings (SSSR count). The summed E-state index contributed by atoms with van der Waals surface area (Å²) in [4.78, 5) is 5.19. The minimum atomic E-state index is 0.634. The van der Waals surface area contributed by atoms with Crippen molar-refractivity contribution in [3.63, 3.8) is 0 Å². The topological polar surface area (TPSA) is 15.7 Å². The summed E-state index contributed by atoms with van der Waals surface area (Å²) in [6.07, 6.45) is 8.50. The number of hydrogen-bond acceptors (Lipinski definition) is 3. The third-order valence-electron chi connectivity index (χ3n) is 4.42. The van der Waals surface area contributed by atoms with Crippen LogP contribution in [0.4, 0.5) is 0 Å². The van der Waals surface area contributed by atoms with Crippen LogP contribution in [0.2, 0.25) is 0 Å². The summed E-state index contributed by atoms with van der Waals surface area (Å²) in [6.45, 7) is 13.6. The summed E-state index contributed by atoms with van der Waals surface area (Å²) in [5, 5.41) is 0. The highest BCUT2D eigenvalue weighted by Gasteiger charge is 2.22. The number of methoxy groups -OCH3 is 1. The van der Waals surface area contributed by atoms with Gasteiger partial charge in [0.25, 0.3) is 0 Å². The highest BCUT2D eigenvalue weighted by atomic mass is 16.5. The van der Waals surface area contributed by atoms with Crippen molar-refractivity contribution >= 4 is 0 Å². The summed E-state index contributed by atoms with van der Waals surface area (Å²) >= 11 is 0. The third kappa shape index (κ3) is 6.38. The molecule has 0 aromatic carbocycles. The van der Waals surface area contributed by atoms with Crippen LogP contribution in [-0.4, -0.2) is 62.3 Å². The van der Waals surface area contributed by atoms with Gasteiger partial charge < -0.3 is 4.74 Å². The van der Waals surface area contributed by atoms with E-state index in [4.69, 9.17) is 4.74 Å². The molecule has 0 amide bonds. The monoisotopic (exact) mass is 282 g/mol. The first-order chi connectivity index (χ1) is 9.71. The van der Waals surface area contributed by atoms with Gasteiger partial charge in [0.05, 0.1) is 6.61 Å². The van der Waals surface area contributed by atoms with Gasteiger partial charge in [-0.25, -0.2) is 0 Å². The molecule has 1 aliphatic heterocycles. The molecule has 1 aliphatic rings. The van der Waals surface area contributed by atoms with E-state index in [1.54, 1.807) is 7.11 Å². The molecule has 0 bridgehead atoms. The molecule has 20 heavy (non-hydrogen) atoms. The standard InChI is InChI=1S/C17H34N2O/c1-5-7-8-17(15-16(3)6-2)19-11-9-18(10-12-19)13-14-20-4/h7-8,16-17H,5-6,9-15H2,1-4H3. The number of ether oxygens (including phenoxy) is 1. The summed E-state index contributed by atoms with van der Waals surface area (Å²) in [5.41, 5.74) is 0. The predicted octanol–water partition coefficient (Wildman–Crippen LogP) is 3.02. The van der Waals surface area contributed by atoms with Crippen LogP contribution in [0.3, 0.4) is 0 Å². The maximum atomic E-state index is 5.17. The van der Waals surface area contributed by atoms with Gasteiger partial charge in [-0.05, 0) is 18.8 Å². The van der Waals surface area contributed by atoms with Crippen molar-refractivity contribution < 1.29 is 4.74 Å². The van der Waals surface area contributed by atoms with Crippen LogP contribution < -0.4 is 0 Å². The summed E-state index contributed by atoms with van der Waals surface area (Å²) in [7, 11) is 1.79. The quantitative estimate of drug-likeness (QED) is 0.605. The first kappa shape index (κ1) is 17.7. The zero-order valence-corrected chi connectivity index (χ0v) is 14.0. The number of piperazine rings is 1. The Hall–Kier alpha value is -0.380. The molecule has 0 N–H and O–H groups in total. The molecule has 2 atom stereocenters. The van der Waals surface area contributed by atoms with Crippen molar-refractivity contribution in [2.75, 3.05) is 46.4 Å². The number of hydrogen-bond donors (Lipinski definition) is 0. The van der Waals surface area contributed by atoms with Gasteiger partial charge in [-0.1, -0.05) is 39.3 Å². The van der Waals surface area contributed by atoms with Crippen molar-refractivity contribution in [2.24, 2.45) is 5.92 Å². The van der Waals surface area contributed by atoms with Crippen molar-refractivity contribution in [3.8, 4) is 0 Å². The van der Waals surface area contributed by atoms with E-state index in [1.807, 2.05) is 0 Å². The van der Waals surface area contributed by atoms with Crippen LogP contribution in [0.25, 0.3) is 0 Å². The molecule has 3 heteroatoms. The fourth-order valence-corrected chi connectivity index (χ4v) is 2.76. The molecule has 1 saturated heterocycles. The van der Waals surface area contributed by atoms with Crippen LogP contribution in [0.1, 0.15) is 40.0 Å². The van der Waals surface area contributed by atoms with Crippen LogP contribution in [-0.2, 0) is 4.74 Å². The van der Waals surface area contributed by atoms with Gasteiger partial charge >= 0.3 is 0 Å². The van der Waals surface area contributed by atoms with Crippen molar-refractivity contribution in [1.82, 2.24) is 9.80 Å². The third-order valence-corrected chi connectivity index (χ3v) is 4.42. The molecular formula is C17H34N2O. The van der Waals surface area contributed by atoms with Crippen LogP contribution in [0.5, 0.6) is 0 Å². The Morgan fingerprint density at radius 1 is 1.15 bits per heavy atom. The molecule has 1 heterocycles. The normalized spacial score (nSPS) is 21.4. The van der Waals surface area contributed by atoms with Gasteiger partial charge in [0.1, 0.15) is 0 Å². The summed E-state index contributed by atoms with van der Waals surface area (Å²) in [6, 6.07) is 0.634. The second-order valence-corrected chi connectivity index (χ2v) is 6.02. The lowest BCUT2D eigenvalue weighted by Crippen LogP contribution is -2.50. The molecule has 0 aliphatic carbocycles. The molecule has 0 radical (unpaired) electrons. The van der Waals surface area contributed by atoms with E-state index >= 15 is 0 Å². The smallest absolute Gasteiger partial charge is 0.0589 e. The molecule has 2 unspecified atom stereocenters. The number of allylic oxidation sites excluding steroid dienone is 1. The minimum Gasteiger partial charge on any atom is -0.383 e. The Morgan fingerprint density at radius 3 is 2.40 bits per heavy atom. The maximum absolute atomic E-state index is 5.17. The minimum absolute atomic E-state index is 0.634. The lowest BCUT2D eigenvalue weighted by Gasteiger charge is -2.39. The Bertz CT molecular complexity index is 260. The molecule has 0 saturated carbocycles. The van der Waals surface area contributed by atoms with Crippen molar-refractivity contribution in [3.05, 3.63) is 12.2 Å². The lowest BCUT2D eigenvalue weighted by molar-refractivity contribution is 0.0794. The van der Waals surface area contributed by atoms with Gasteiger partial charge in [-0.15, -0.1) is 0 Å². The number of rotatable bonds is 9. The van der Waals surface area contributed by atoms with Crippen molar-refractivity contribution in [2.45, 2.75) is 46.1 Å². The van der Waals surface area contributed by atoms with Crippen LogP contribution in [0, 0.1) is 5.92 Å². The highest BCUT2D eigenvalue weighted by molar-refractivity contribution is 4.96. The molecular weight excluding hydrogens is 248 g/mol. The molecule has 118 valence electrons. The molecule has 3 nitrogen and oxygen atoms in total. The van der Waals surface area contributed by atoms with Crippen molar-refractivity contribution in [1.29, 1.82) is 0 Å². The van der Waals surface area contributed by atoms with Gasteiger partial charge in [-0.3, -0.25) is 9.80 Å². The largest absolute Gasteiger partial charge is 0.383 e. The first-order valence-corrected chi connectivity index (χ1v) is 8.33. The summed E-state index contributed by atoms with van der Waals surface area (Å²) < 4.78 is 5.17. The van der Waals surface area contributed by atoms with E-state index in [0.717, 1.165) is 25.5 Å².